The van der Waals surface area contributed by atoms with Gasteiger partial charge in [-0.05, 0) is 23.0 Å². The summed E-state index contributed by atoms with van der Waals surface area (Å²) < 4.78 is 5.08. The predicted molar refractivity (Wildman–Crippen MR) is 78.9 cm³/mol. The number of hydrogen-bond acceptors (Lipinski definition) is 3. The molecule has 0 aliphatic rings. The van der Waals surface area contributed by atoms with E-state index < -0.39 is 0 Å². The summed E-state index contributed by atoms with van der Waals surface area (Å²) in [6.45, 7) is 8.50. The van der Waals surface area contributed by atoms with Crippen LogP contribution < -0.4 is 5.32 Å². The first-order valence-corrected chi connectivity index (χ1v) is 6.86. The Balaban J connectivity index is 2.29. The standard InChI is InChI=1S/C16H27NO2/c1-16(2,3)9-15(18)11-17-10-13-5-7-14(8-6-13)12-19-4/h5-8,15,17-18H,9-12H2,1-4H3. The van der Waals surface area contributed by atoms with Crippen LogP contribution in [0.25, 0.3) is 0 Å². The molecule has 0 aromatic heterocycles. The number of aliphatic hydroxyl groups excluding tert-OH is 1. The van der Waals surface area contributed by atoms with Crippen LogP contribution in [0.4, 0.5) is 0 Å². The van der Waals surface area contributed by atoms with Gasteiger partial charge in [0.15, 0.2) is 0 Å². The van der Waals surface area contributed by atoms with Gasteiger partial charge >= 0.3 is 0 Å². The third-order valence-electron chi connectivity index (χ3n) is 2.89. The Morgan fingerprint density at radius 3 is 2.26 bits per heavy atom. The fraction of sp³-hybridized carbons (Fsp3) is 0.625. The van der Waals surface area contributed by atoms with Gasteiger partial charge in [-0.3, -0.25) is 0 Å². The molecule has 3 heteroatoms. The molecular weight excluding hydrogens is 238 g/mol. The quantitative estimate of drug-likeness (QED) is 0.796. The van der Waals surface area contributed by atoms with E-state index in [2.05, 4.69) is 50.4 Å². The molecule has 0 amide bonds. The van der Waals surface area contributed by atoms with Crippen molar-refractivity contribution in [2.24, 2.45) is 5.41 Å². The summed E-state index contributed by atoms with van der Waals surface area (Å²) in [5, 5.41) is 13.2. The SMILES string of the molecule is COCc1ccc(CNCC(O)CC(C)(C)C)cc1. The van der Waals surface area contributed by atoms with E-state index in [-0.39, 0.29) is 11.5 Å². The monoisotopic (exact) mass is 265 g/mol. The molecule has 108 valence electrons. The second-order valence-electron chi connectivity index (χ2n) is 6.30. The van der Waals surface area contributed by atoms with E-state index in [1.807, 2.05) is 0 Å². The van der Waals surface area contributed by atoms with E-state index in [0.29, 0.717) is 13.2 Å². The van der Waals surface area contributed by atoms with Crippen molar-refractivity contribution in [2.75, 3.05) is 13.7 Å². The lowest BCUT2D eigenvalue weighted by molar-refractivity contribution is 0.119. The van der Waals surface area contributed by atoms with Crippen molar-refractivity contribution in [1.29, 1.82) is 0 Å². The first kappa shape index (κ1) is 16.2. The summed E-state index contributed by atoms with van der Waals surface area (Å²) >= 11 is 0. The zero-order chi connectivity index (χ0) is 14.3. The van der Waals surface area contributed by atoms with Crippen LogP contribution >= 0.6 is 0 Å². The summed E-state index contributed by atoms with van der Waals surface area (Å²) in [7, 11) is 1.70. The van der Waals surface area contributed by atoms with Crippen molar-refractivity contribution < 1.29 is 9.84 Å². The van der Waals surface area contributed by atoms with Gasteiger partial charge in [0.2, 0.25) is 0 Å². The summed E-state index contributed by atoms with van der Waals surface area (Å²) in [4.78, 5) is 0. The van der Waals surface area contributed by atoms with Crippen LogP contribution in [0.2, 0.25) is 0 Å². The number of nitrogens with one attached hydrogen (secondary N) is 1. The van der Waals surface area contributed by atoms with E-state index in [0.717, 1.165) is 13.0 Å². The van der Waals surface area contributed by atoms with Crippen LogP contribution in [0, 0.1) is 5.41 Å². The zero-order valence-electron chi connectivity index (χ0n) is 12.6. The maximum absolute atomic E-state index is 9.90. The number of ether oxygens (including phenoxy) is 1. The van der Waals surface area contributed by atoms with Gasteiger partial charge < -0.3 is 15.2 Å². The van der Waals surface area contributed by atoms with Crippen molar-refractivity contribution in [1.82, 2.24) is 5.32 Å². The van der Waals surface area contributed by atoms with E-state index in [1.54, 1.807) is 7.11 Å². The number of benzene rings is 1. The van der Waals surface area contributed by atoms with Gasteiger partial charge in [0, 0.05) is 20.2 Å². The highest BCUT2D eigenvalue weighted by Gasteiger charge is 2.15. The van der Waals surface area contributed by atoms with Gasteiger partial charge in [0.1, 0.15) is 0 Å². The first-order valence-electron chi connectivity index (χ1n) is 6.86. The second-order valence-corrected chi connectivity index (χ2v) is 6.30. The normalized spacial score (nSPS) is 13.5. The Labute approximate surface area is 117 Å². The van der Waals surface area contributed by atoms with Crippen molar-refractivity contribution in [3.63, 3.8) is 0 Å². The number of methoxy groups -OCH3 is 1. The summed E-state index contributed by atoms with van der Waals surface area (Å²) in [6, 6.07) is 8.34. The summed E-state index contributed by atoms with van der Waals surface area (Å²) in [5.74, 6) is 0. The van der Waals surface area contributed by atoms with Gasteiger partial charge in [-0.1, -0.05) is 45.0 Å². The molecule has 0 saturated heterocycles. The van der Waals surface area contributed by atoms with Crippen molar-refractivity contribution in [3.05, 3.63) is 35.4 Å². The van der Waals surface area contributed by atoms with Gasteiger partial charge in [-0.25, -0.2) is 0 Å². The lowest BCUT2D eigenvalue weighted by atomic mass is 9.89. The Hall–Kier alpha value is -0.900. The highest BCUT2D eigenvalue weighted by molar-refractivity contribution is 5.21. The maximum Gasteiger partial charge on any atom is 0.0713 e. The molecule has 19 heavy (non-hydrogen) atoms. The molecule has 0 aliphatic heterocycles. The molecule has 1 rings (SSSR count). The van der Waals surface area contributed by atoms with Crippen LogP contribution in [0.3, 0.4) is 0 Å². The molecule has 0 heterocycles. The molecule has 1 unspecified atom stereocenters. The van der Waals surface area contributed by atoms with E-state index >= 15 is 0 Å². The third kappa shape index (κ3) is 7.31. The van der Waals surface area contributed by atoms with Crippen LogP contribution in [0.1, 0.15) is 38.3 Å². The van der Waals surface area contributed by atoms with E-state index in [4.69, 9.17) is 4.74 Å². The molecule has 0 bridgehead atoms. The average Bonchev–Trinajstić information content (AvgIpc) is 2.29. The molecule has 0 aliphatic carbocycles. The molecule has 1 aromatic rings. The number of rotatable bonds is 7. The minimum Gasteiger partial charge on any atom is -0.392 e. The molecule has 0 radical (unpaired) electrons. The van der Waals surface area contributed by atoms with E-state index in [1.165, 1.54) is 11.1 Å². The summed E-state index contributed by atoms with van der Waals surface area (Å²) in [6.07, 6.45) is 0.528. The Bertz CT molecular complexity index is 354. The van der Waals surface area contributed by atoms with Crippen molar-refractivity contribution in [2.45, 2.75) is 46.4 Å². The Morgan fingerprint density at radius 2 is 1.74 bits per heavy atom. The largest absolute Gasteiger partial charge is 0.392 e. The maximum atomic E-state index is 9.90. The summed E-state index contributed by atoms with van der Waals surface area (Å²) in [5.41, 5.74) is 2.57. The second kappa shape index (κ2) is 7.63. The predicted octanol–water partition coefficient (Wildman–Crippen LogP) is 2.72. The van der Waals surface area contributed by atoms with Crippen LogP contribution in [0.15, 0.2) is 24.3 Å². The Kier molecular flexibility index (Phi) is 6.49. The molecule has 0 spiro atoms. The Morgan fingerprint density at radius 1 is 1.16 bits per heavy atom. The minimum absolute atomic E-state index is 0.170. The van der Waals surface area contributed by atoms with Crippen molar-refractivity contribution >= 4 is 0 Å². The molecule has 0 saturated carbocycles. The molecule has 1 aromatic carbocycles. The van der Waals surface area contributed by atoms with Gasteiger partial charge in [0.25, 0.3) is 0 Å². The van der Waals surface area contributed by atoms with E-state index in [9.17, 15) is 5.11 Å². The van der Waals surface area contributed by atoms with Crippen LogP contribution in [-0.4, -0.2) is 24.9 Å². The topological polar surface area (TPSA) is 41.5 Å². The fourth-order valence-electron chi connectivity index (χ4n) is 2.08. The first-order chi connectivity index (χ1) is 8.90. The zero-order valence-corrected chi connectivity index (χ0v) is 12.6. The number of hydrogen-bond donors (Lipinski definition) is 2. The number of aliphatic hydroxyl groups is 1. The minimum atomic E-state index is -0.284. The molecule has 1 atom stereocenters. The molecular formula is C16H27NO2. The van der Waals surface area contributed by atoms with Crippen molar-refractivity contribution in [3.8, 4) is 0 Å². The van der Waals surface area contributed by atoms with Crippen LogP contribution in [-0.2, 0) is 17.9 Å². The lowest BCUT2D eigenvalue weighted by Crippen LogP contribution is -2.29. The smallest absolute Gasteiger partial charge is 0.0713 e. The van der Waals surface area contributed by atoms with Gasteiger partial charge in [-0.15, -0.1) is 0 Å². The fourth-order valence-corrected chi connectivity index (χ4v) is 2.08. The highest BCUT2D eigenvalue weighted by atomic mass is 16.5. The highest BCUT2D eigenvalue weighted by Crippen LogP contribution is 2.20. The molecule has 0 fully saturated rings. The van der Waals surface area contributed by atoms with Gasteiger partial charge in [0.05, 0.1) is 12.7 Å². The third-order valence-corrected chi connectivity index (χ3v) is 2.89. The lowest BCUT2D eigenvalue weighted by Gasteiger charge is -2.22. The molecule has 2 N–H and O–H groups in total. The van der Waals surface area contributed by atoms with Crippen LogP contribution in [0.5, 0.6) is 0 Å². The molecule has 3 nitrogen and oxygen atoms in total. The average molecular weight is 265 g/mol. The van der Waals surface area contributed by atoms with Gasteiger partial charge in [-0.2, -0.15) is 0 Å².